The second-order valence-corrected chi connectivity index (χ2v) is 6.99. The maximum atomic E-state index is 12.1. The van der Waals surface area contributed by atoms with Crippen LogP contribution in [-0.4, -0.2) is 45.1 Å². The maximum absolute atomic E-state index is 12.1. The summed E-state index contributed by atoms with van der Waals surface area (Å²) < 4.78 is 2.32. The van der Waals surface area contributed by atoms with E-state index in [0.717, 1.165) is 43.6 Å². The normalized spacial score (nSPS) is 21.2. The number of imidazole rings is 1. The summed E-state index contributed by atoms with van der Waals surface area (Å²) in [5.41, 5.74) is 1.99. The zero-order valence-corrected chi connectivity index (χ0v) is 14.2. The third-order valence-corrected chi connectivity index (χ3v) is 5.05. The van der Waals surface area contributed by atoms with E-state index >= 15 is 0 Å². The highest BCUT2D eigenvalue weighted by molar-refractivity contribution is 5.74. The van der Waals surface area contributed by atoms with E-state index in [1.807, 2.05) is 30.2 Å². The van der Waals surface area contributed by atoms with Crippen molar-refractivity contribution in [2.45, 2.75) is 45.1 Å². The molecule has 3 heterocycles. The van der Waals surface area contributed by atoms with Crippen molar-refractivity contribution in [3.63, 3.8) is 0 Å². The lowest BCUT2D eigenvalue weighted by Crippen LogP contribution is -2.46. The number of rotatable bonds is 4. The molecule has 1 saturated carbocycles. The number of piperidine rings is 1. The molecule has 2 aromatic heterocycles. The molecule has 0 bridgehead atoms. The van der Waals surface area contributed by atoms with Crippen molar-refractivity contribution in [2.24, 2.45) is 5.92 Å². The lowest BCUT2D eigenvalue weighted by Gasteiger charge is -2.33. The van der Waals surface area contributed by atoms with Crippen LogP contribution in [0, 0.1) is 5.92 Å². The first-order valence-corrected chi connectivity index (χ1v) is 9.10. The van der Waals surface area contributed by atoms with Gasteiger partial charge in [-0.05, 0) is 50.7 Å². The first-order valence-electron chi connectivity index (χ1n) is 9.10. The molecule has 6 heteroatoms. The Morgan fingerprint density at radius 3 is 3.04 bits per heavy atom. The Bertz CT molecular complexity index is 736. The number of urea groups is 1. The van der Waals surface area contributed by atoms with Gasteiger partial charge < -0.3 is 14.8 Å². The van der Waals surface area contributed by atoms with Gasteiger partial charge in [-0.15, -0.1) is 0 Å². The smallest absolute Gasteiger partial charge is 0.317 e. The van der Waals surface area contributed by atoms with Crippen LogP contribution in [-0.2, 0) is 6.54 Å². The predicted molar refractivity (Wildman–Crippen MR) is 92.9 cm³/mol. The number of hydrogen-bond acceptors (Lipinski definition) is 3. The van der Waals surface area contributed by atoms with Crippen LogP contribution in [0.2, 0.25) is 0 Å². The number of fused-ring (bicyclic) bond motifs is 1. The second kappa shape index (κ2) is 6.42. The van der Waals surface area contributed by atoms with Gasteiger partial charge in [-0.3, -0.25) is 0 Å². The van der Waals surface area contributed by atoms with Gasteiger partial charge in [0, 0.05) is 38.3 Å². The average Bonchev–Trinajstić information content (AvgIpc) is 3.39. The summed E-state index contributed by atoms with van der Waals surface area (Å²) >= 11 is 0. The van der Waals surface area contributed by atoms with Crippen molar-refractivity contribution in [2.75, 3.05) is 19.6 Å². The molecule has 1 N–H and O–H groups in total. The molecule has 0 radical (unpaired) electrons. The Morgan fingerprint density at radius 2 is 2.25 bits per heavy atom. The fraction of sp³-hybridized carbons (Fsp3) is 0.611. The monoisotopic (exact) mass is 327 g/mol. The van der Waals surface area contributed by atoms with Crippen molar-refractivity contribution < 1.29 is 4.79 Å². The molecule has 0 spiro atoms. The van der Waals surface area contributed by atoms with E-state index in [1.54, 1.807) is 0 Å². The first kappa shape index (κ1) is 15.4. The van der Waals surface area contributed by atoms with Crippen LogP contribution in [0.5, 0.6) is 0 Å². The highest BCUT2D eigenvalue weighted by Gasteiger charge is 2.31. The number of likely N-dealkylation sites (tertiary alicyclic amines) is 1. The minimum absolute atomic E-state index is 0.0678. The summed E-state index contributed by atoms with van der Waals surface area (Å²) in [6.07, 6.45) is 6.55. The molecule has 2 fully saturated rings. The predicted octanol–water partition coefficient (Wildman–Crippen LogP) is 2.75. The standard InChI is InChI=1S/C18H25N5O/c1-2-19-18(24)22-10-4-5-13(11-22)12-23-16(14-7-8-14)21-15-6-3-9-20-17(15)23/h3,6,9,13-14H,2,4-5,7-8,10-12H2,1H3,(H,19,24)/t13-/m0/s1. The maximum Gasteiger partial charge on any atom is 0.317 e. The topological polar surface area (TPSA) is 63.1 Å². The number of aromatic nitrogens is 3. The summed E-state index contributed by atoms with van der Waals surface area (Å²) in [4.78, 5) is 23.5. The van der Waals surface area contributed by atoms with E-state index in [0.29, 0.717) is 18.4 Å². The highest BCUT2D eigenvalue weighted by atomic mass is 16.2. The highest BCUT2D eigenvalue weighted by Crippen LogP contribution is 2.40. The van der Waals surface area contributed by atoms with Gasteiger partial charge in [0.15, 0.2) is 5.65 Å². The molecule has 1 aliphatic carbocycles. The van der Waals surface area contributed by atoms with Crippen LogP contribution in [0.3, 0.4) is 0 Å². The Balaban J connectivity index is 1.55. The molecule has 0 unspecified atom stereocenters. The summed E-state index contributed by atoms with van der Waals surface area (Å²) in [5.74, 6) is 2.26. The third kappa shape index (κ3) is 2.97. The minimum Gasteiger partial charge on any atom is -0.338 e. The van der Waals surface area contributed by atoms with Gasteiger partial charge in [-0.25, -0.2) is 14.8 Å². The lowest BCUT2D eigenvalue weighted by atomic mass is 9.98. The zero-order chi connectivity index (χ0) is 16.5. The fourth-order valence-electron chi connectivity index (χ4n) is 3.73. The van der Waals surface area contributed by atoms with Crippen molar-refractivity contribution in [1.82, 2.24) is 24.8 Å². The Kier molecular flexibility index (Phi) is 4.12. The second-order valence-electron chi connectivity index (χ2n) is 6.99. The number of hydrogen-bond donors (Lipinski definition) is 1. The van der Waals surface area contributed by atoms with E-state index < -0.39 is 0 Å². The number of nitrogens with one attached hydrogen (secondary N) is 1. The number of pyridine rings is 1. The number of carbonyl (C=O) groups is 1. The SMILES string of the molecule is CCNC(=O)N1CCC[C@H](Cn2c(C3CC3)nc3cccnc32)C1. The van der Waals surface area contributed by atoms with Crippen LogP contribution in [0.25, 0.3) is 11.2 Å². The van der Waals surface area contributed by atoms with Crippen LogP contribution < -0.4 is 5.32 Å². The van der Waals surface area contributed by atoms with E-state index in [9.17, 15) is 4.79 Å². The van der Waals surface area contributed by atoms with Crippen molar-refractivity contribution >= 4 is 17.2 Å². The first-order chi connectivity index (χ1) is 11.8. The quantitative estimate of drug-likeness (QED) is 0.939. The van der Waals surface area contributed by atoms with Gasteiger partial charge in [-0.2, -0.15) is 0 Å². The van der Waals surface area contributed by atoms with Crippen LogP contribution >= 0.6 is 0 Å². The molecular weight excluding hydrogens is 302 g/mol. The Morgan fingerprint density at radius 1 is 1.38 bits per heavy atom. The summed E-state index contributed by atoms with van der Waals surface area (Å²) in [6, 6.07) is 4.07. The molecule has 1 aliphatic heterocycles. The molecule has 1 atom stereocenters. The molecular formula is C18H25N5O. The average molecular weight is 327 g/mol. The largest absolute Gasteiger partial charge is 0.338 e. The van der Waals surface area contributed by atoms with Crippen LogP contribution in [0.1, 0.15) is 44.3 Å². The number of amides is 2. The molecule has 0 aromatic carbocycles. The van der Waals surface area contributed by atoms with E-state index in [2.05, 4.69) is 14.9 Å². The summed E-state index contributed by atoms with van der Waals surface area (Å²) in [7, 11) is 0. The van der Waals surface area contributed by atoms with Gasteiger partial charge >= 0.3 is 6.03 Å². The fourth-order valence-corrected chi connectivity index (χ4v) is 3.73. The van der Waals surface area contributed by atoms with E-state index in [1.165, 1.54) is 18.7 Å². The number of carbonyl (C=O) groups excluding carboxylic acids is 1. The van der Waals surface area contributed by atoms with E-state index in [-0.39, 0.29) is 6.03 Å². The molecule has 4 rings (SSSR count). The Hall–Kier alpha value is -2.11. The van der Waals surface area contributed by atoms with Gasteiger partial charge in [-0.1, -0.05) is 0 Å². The van der Waals surface area contributed by atoms with E-state index in [4.69, 9.17) is 4.98 Å². The van der Waals surface area contributed by atoms with Crippen LogP contribution in [0.4, 0.5) is 4.79 Å². The molecule has 2 aromatic rings. The van der Waals surface area contributed by atoms with Gasteiger partial charge in [0.05, 0.1) is 0 Å². The minimum atomic E-state index is 0.0678. The summed E-state index contributed by atoms with van der Waals surface area (Å²) in [6.45, 7) is 5.24. The molecule has 128 valence electrons. The molecule has 1 saturated heterocycles. The molecule has 2 aliphatic rings. The van der Waals surface area contributed by atoms with Gasteiger partial charge in [0.1, 0.15) is 11.3 Å². The molecule has 2 amide bonds. The van der Waals surface area contributed by atoms with Crippen molar-refractivity contribution in [1.29, 1.82) is 0 Å². The molecule has 24 heavy (non-hydrogen) atoms. The summed E-state index contributed by atoms with van der Waals surface area (Å²) in [5, 5.41) is 2.92. The van der Waals surface area contributed by atoms with Gasteiger partial charge in [0.2, 0.25) is 0 Å². The zero-order valence-electron chi connectivity index (χ0n) is 14.2. The van der Waals surface area contributed by atoms with Crippen molar-refractivity contribution in [3.05, 3.63) is 24.2 Å². The third-order valence-electron chi connectivity index (χ3n) is 5.05. The molecule has 6 nitrogen and oxygen atoms in total. The van der Waals surface area contributed by atoms with Crippen molar-refractivity contribution in [3.8, 4) is 0 Å². The number of nitrogens with zero attached hydrogens (tertiary/aromatic N) is 4. The van der Waals surface area contributed by atoms with Gasteiger partial charge in [0.25, 0.3) is 0 Å². The lowest BCUT2D eigenvalue weighted by molar-refractivity contribution is 0.160. The van der Waals surface area contributed by atoms with Crippen LogP contribution in [0.15, 0.2) is 18.3 Å². The Labute approximate surface area is 142 Å².